The van der Waals surface area contributed by atoms with Crippen LogP contribution in [0.15, 0.2) is 28.9 Å². The van der Waals surface area contributed by atoms with Crippen LogP contribution in [0.4, 0.5) is 0 Å². The van der Waals surface area contributed by atoms with Crippen LogP contribution in [0.5, 0.6) is 0 Å². The quantitative estimate of drug-likeness (QED) is 0.716. The molecule has 1 aliphatic heterocycles. The Balaban J connectivity index is 1.59. The minimum Gasteiger partial charge on any atom is -0.441 e. The van der Waals surface area contributed by atoms with E-state index in [1.807, 2.05) is 12.1 Å². The molecular formula is C15H13N5O2S. The number of nitrogens with zero attached hydrogens (tertiary/aromatic N) is 5. The monoisotopic (exact) mass is 327 g/mol. The molecule has 7 nitrogen and oxygen atoms in total. The lowest BCUT2D eigenvalue weighted by Gasteiger charge is -2.24. The van der Waals surface area contributed by atoms with Crippen molar-refractivity contribution in [1.29, 1.82) is 0 Å². The molecule has 0 atom stereocenters. The molecule has 1 amide bonds. The highest BCUT2D eigenvalue weighted by Crippen LogP contribution is 2.27. The summed E-state index contributed by atoms with van der Waals surface area (Å²) >= 11 is 1.13. The molecule has 1 aliphatic rings. The number of hydrogen-bond donors (Lipinski definition) is 0. The SMILES string of the molecule is Cc1nnsc1C(=O)N1CCc2oc(-c3cccnc3)nc2C1. The van der Waals surface area contributed by atoms with Gasteiger partial charge in [-0.1, -0.05) is 4.49 Å². The lowest BCUT2D eigenvalue weighted by molar-refractivity contribution is 0.0732. The summed E-state index contributed by atoms with van der Waals surface area (Å²) in [5.74, 6) is 1.34. The Hall–Kier alpha value is -2.61. The number of aryl methyl sites for hydroxylation is 1. The molecule has 0 unspecified atom stereocenters. The molecule has 0 aromatic carbocycles. The average molecular weight is 327 g/mol. The molecule has 116 valence electrons. The Morgan fingerprint density at radius 2 is 2.35 bits per heavy atom. The van der Waals surface area contributed by atoms with E-state index in [4.69, 9.17) is 4.42 Å². The van der Waals surface area contributed by atoms with Crippen LogP contribution in [-0.2, 0) is 13.0 Å². The third-order valence-electron chi connectivity index (χ3n) is 3.77. The van der Waals surface area contributed by atoms with Crippen molar-refractivity contribution in [3.63, 3.8) is 0 Å². The summed E-state index contributed by atoms with van der Waals surface area (Å²) in [4.78, 5) is 23.5. The van der Waals surface area contributed by atoms with Crippen molar-refractivity contribution in [2.24, 2.45) is 0 Å². The highest BCUT2D eigenvalue weighted by atomic mass is 32.1. The van der Waals surface area contributed by atoms with Crippen LogP contribution in [0.25, 0.3) is 11.5 Å². The molecular weight excluding hydrogens is 314 g/mol. The van der Waals surface area contributed by atoms with E-state index < -0.39 is 0 Å². The van der Waals surface area contributed by atoms with Crippen molar-refractivity contribution in [1.82, 2.24) is 24.5 Å². The van der Waals surface area contributed by atoms with Gasteiger partial charge in [0, 0.05) is 25.4 Å². The lowest BCUT2D eigenvalue weighted by atomic mass is 10.1. The van der Waals surface area contributed by atoms with Crippen molar-refractivity contribution in [3.05, 3.63) is 46.6 Å². The van der Waals surface area contributed by atoms with Crippen molar-refractivity contribution in [2.45, 2.75) is 19.9 Å². The van der Waals surface area contributed by atoms with Gasteiger partial charge in [0.1, 0.15) is 16.3 Å². The Morgan fingerprint density at radius 3 is 3.09 bits per heavy atom. The van der Waals surface area contributed by atoms with Crippen molar-refractivity contribution < 1.29 is 9.21 Å². The number of fused-ring (bicyclic) bond motifs is 1. The fourth-order valence-electron chi connectivity index (χ4n) is 2.56. The van der Waals surface area contributed by atoms with E-state index in [0.717, 1.165) is 28.6 Å². The number of carbonyl (C=O) groups excluding carboxylic acids is 1. The van der Waals surface area contributed by atoms with Gasteiger partial charge in [-0.05, 0) is 30.6 Å². The number of pyridine rings is 1. The van der Waals surface area contributed by atoms with Crippen LogP contribution >= 0.6 is 11.5 Å². The predicted octanol–water partition coefficient (Wildman–Crippen LogP) is 2.10. The molecule has 0 fully saturated rings. The van der Waals surface area contributed by atoms with Crippen LogP contribution in [-0.4, -0.2) is 36.9 Å². The van der Waals surface area contributed by atoms with Crippen LogP contribution in [0.3, 0.4) is 0 Å². The smallest absolute Gasteiger partial charge is 0.267 e. The van der Waals surface area contributed by atoms with Crippen LogP contribution in [0.1, 0.15) is 26.8 Å². The molecule has 8 heteroatoms. The minimum absolute atomic E-state index is 0.0472. The molecule has 0 N–H and O–H groups in total. The van der Waals surface area contributed by atoms with E-state index in [9.17, 15) is 4.79 Å². The Bertz CT molecular complexity index is 858. The zero-order chi connectivity index (χ0) is 15.8. The fraction of sp³-hybridized carbons (Fsp3) is 0.267. The number of carbonyl (C=O) groups is 1. The second kappa shape index (κ2) is 5.54. The summed E-state index contributed by atoms with van der Waals surface area (Å²) in [5, 5.41) is 3.90. The van der Waals surface area contributed by atoms with Crippen LogP contribution < -0.4 is 0 Å². The molecule has 4 rings (SSSR count). The van der Waals surface area contributed by atoms with Gasteiger partial charge in [0.15, 0.2) is 0 Å². The largest absolute Gasteiger partial charge is 0.441 e. The first-order valence-corrected chi connectivity index (χ1v) is 7.97. The summed E-state index contributed by atoms with van der Waals surface area (Å²) in [7, 11) is 0. The zero-order valence-corrected chi connectivity index (χ0v) is 13.2. The van der Waals surface area contributed by atoms with E-state index >= 15 is 0 Å². The Labute approximate surface area is 136 Å². The zero-order valence-electron chi connectivity index (χ0n) is 12.4. The molecule has 3 aromatic rings. The van der Waals surface area contributed by atoms with E-state index in [0.29, 0.717) is 36.0 Å². The van der Waals surface area contributed by atoms with Gasteiger partial charge in [-0.2, -0.15) is 0 Å². The van der Waals surface area contributed by atoms with Gasteiger partial charge in [0.05, 0.1) is 17.8 Å². The fourth-order valence-corrected chi connectivity index (χ4v) is 3.18. The van der Waals surface area contributed by atoms with Gasteiger partial charge in [-0.3, -0.25) is 9.78 Å². The molecule has 3 aromatic heterocycles. The van der Waals surface area contributed by atoms with Crippen LogP contribution in [0, 0.1) is 6.92 Å². The molecule has 0 spiro atoms. The molecule has 0 bridgehead atoms. The van der Waals surface area contributed by atoms with Gasteiger partial charge in [-0.25, -0.2) is 4.98 Å². The summed E-state index contributed by atoms with van der Waals surface area (Å²) < 4.78 is 9.65. The first-order valence-electron chi connectivity index (χ1n) is 7.19. The molecule has 23 heavy (non-hydrogen) atoms. The normalized spacial score (nSPS) is 13.9. The first kappa shape index (κ1) is 14.0. The number of oxazole rings is 1. The molecule has 0 saturated heterocycles. The third-order valence-corrected chi connectivity index (χ3v) is 4.59. The summed E-state index contributed by atoms with van der Waals surface area (Å²) in [6.07, 6.45) is 4.07. The topological polar surface area (TPSA) is 85.0 Å². The van der Waals surface area contributed by atoms with E-state index in [2.05, 4.69) is 19.6 Å². The van der Waals surface area contributed by atoms with Gasteiger partial charge in [-0.15, -0.1) is 5.10 Å². The third kappa shape index (κ3) is 2.50. The second-order valence-corrected chi connectivity index (χ2v) is 6.05. The van der Waals surface area contributed by atoms with Gasteiger partial charge >= 0.3 is 0 Å². The Morgan fingerprint density at radius 1 is 1.43 bits per heavy atom. The highest BCUT2D eigenvalue weighted by Gasteiger charge is 2.28. The van der Waals surface area contributed by atoms with Crippen molar-refractivity contribution in [2.75, 3.05) is 6.54 Å². The number of aromatic nitrogens is 4. The average Bonchev–Trinajstić information content (AvgIpc) is 3.20. The number of rotatable bonds is 2. The van der Waals surface area contributed by atoms with E-state index in [-0.39, 0.29) is 5.91 Å². The van der Waals surface area contributed by atoms with Crippen molar-refractivity contribution >= 4 is 17.4 Å². The Kier molecular flexibility index (Phi) is 3.38. The number of hydrogen-bond acceptors (Lipinski definition) is 7. The van der Waals surface area contributed by atoms with Gasteiger partial charge in [0.2, 0.25) is 5.89 Å². The maximum atomic E-state index is 12.6. The molecule has 4 heterocycles. The molecule has 0 radical (unpaired) electrons. The van der Waals surface area contributed by atoms with Crippen LogP contribution in [0.2, 0.25) is 0 Å². The standard InChI is InChI=1S/C15H13N5O2S/c1-9-13(23-19-18-9)15(21)20-6-4-12-11(8-20)17-14(22-12)10-3-2-5-16-7-10/h2-3,5,7H,4,6,8H2,1H3. The van der Waals surface area contributed by atoms with E-state index in [1.165, 1.54) is 0 Å². The van der Waals surface area contributed by atoms with Gasteiger partial charge in [0.25, 0.3) is 5.91 Å². The van der Waals surface area contributed by atoms with Crippen molar-refractivity contribution in [3.8, 4) is 11.5 Å². The van der Waals surface area contributed by atoms with E-state index in [1.54, 1.807) is 24.2 Å². The summed E-state index contributed by atoms with van der Waals surface area (Å²) in [6.45, 7) is 2.84. The number of amides is 1. The first-order chi connectivity index (χ1) is 11.2. The second-order valence-electron chi connectivity index (χ2n) is 5.29. The van der Waals surface area contributed by atoms with Gasteiger partial charge < -0.3 is 9.32 Å². The highest BCUT2D eigenvalue weighted by molar-refractivity contribution is 7.07. The maximum absolute atomic E-state index is 12.6. The minimum atomic E-state index is -0.0472. The predicted molar refractivity (Wildman–Crippen MR) is 82.8 cm³/mol. The summed E-state index contributed by atoms with van der Waals surface area (Å²) in [5.41, 5.74) is 2.31. The molecule has 0 saturated carbocycles. The molecule has 0 aliphatic carbocycles. The summed E-state index contributed by atoms with van der Waals surface area (Å²) in [6, 6.07) is 3.74. The lowest BCUT2D eigenvalue weighted by Crippen LogP contribution is -2.35. The maximum Gasteiger partial charge on any atom is 0.267 e.